The molecule has 5 rings (SSSR count). The predicted octanol–water partition coefficient (Wildman–Crippen LogP) is 3.96. The van der Waals surface area contributed by atoms with Crippen molar-refractivity contribution < 1.29 is 9.59 Å². The largest absolute Gasteiger partial charge is 0.356 e. The van der Waals surface area contributed by atoms with Gasteiger partial charge < -0.3 is 14.8 Å². The Hall–Kier alpha value is -3.08. The second-order valence-corrected chi connectivity index (χ2v) is 8.49. The number of nitrogens with zero attached hydrogens (tertiary/aromatic N) is 2. The number of hydrogen-bond acceptors (Lipinski definition) is 2. The van der Waals surface area contributed by atoms with Crippen LogP contribution in [0.1, 0.15) is 47.7 Å². The summed E-state index contributed by atoms with van der Waals surface area (Å²) in [4.78, 5) is 33.0. The number of aromatic nitrogens is 1. The molecular weight excluding hydrogens is 374 g/mol. The molecule has 0 saturated carbocycles. The first kappa shape index (κ1) is 18.9. The number of para-hydroxylation sites is 1. The molecule has 1 aromatic heterocycles. The molecule has 0 spiro atoms. The van der Waals surface area contributed by atoms with E-state index in [1.165, 1.54) is 16.5 Å². The topological polar surface area (TPSA) is 56.4 Å². The third kappa shape index (κ3) is 3.28. The molecule has 154 valence electrons. The number of likely N-dealkylation sites (tertiary alicyclic amines) is 1. The van der Waals surface area contributed by atoms with E-state index in [0.717, 1.165) is 36.0 Å². The third-order valence-electron chi connectivity index (χ3n) is 6.46. The van der Waals surface area contributed by atoms with Crippen molar-refractivity contribution in [3.8, 4) is 0 Å². The lowest BCUT2D eigenvalue weighted by molar-refractivity contribution is -0.143. The zero-order chi connectivity index (χ0) is 20.7. The Morgan fingerprint density at radius 2 is 1.93 bits per heavy atom. The van der Waals surface area contributed by atoms with Crippen molar-refractivity contribution in [3.63, 3.8) is 0 Å². The van der Waals surface area contributed by atoms with Crippen molar-refractivity contribution in [3.05, 3.63) is 70.9 Å². The molecule has 0 aliphatic carbocycles. The third-order valence-corrected chi connectivity index (χ3v) is 6.46. The summed E-state index contributed by atoms with van der Waals surface area (Å²) in [5.74, 6) is 0.131. The molecule has 3 heterocycles. The molecule has 1 fully saturated rings. The van der Waals surface area contributed by atoms with Crippen LogP contribution < -0.4 is 0 Å². The van der Waals surface area contributed by atoms with Crippen LogP contribution in [0.2, 0.25) is 0 Å². The molecule has 3 aromatic rings. The molecule has 1 atom stereocenters. The van der Waals surface area contributed by atoms with Crippen LogP contribution in [0, 0.1) is 6.92 Å². The highest BCUT2D eigenvalue weighted by Crippen LogP contribution is 2.38. The smallest absolute Gasteiger partial charge is 0.243 e. The van der Waals surface area contributed by atoms with Crippen LogP contribution in [0.15, 0.2) is 48.5 Å². The number of nitrogens with one attached hydrogen (secondary N) is 1. The van der Waals surface area contributed by atoms with Crippen molar-refractivity contribution in [1.29, 1.82) is 0 Å². The fourth-order valence-corrected chi connectivity index (χ4v) is 4.98. The number of rotatable bonds is 3. The second-order valence-electron chi connectivity index (χ2n) is 8.49. The molecule has 1 N–H and O–H groups in total. The molecule has 1 unspecified atom stereocenters. The maximum atomic E-state index is 13.4. The van der Waals surface area contributed by atoms with Gasteiger partial charge in [-0.15, -0.1) is 0 Å². The number of hydrogen-bond donors (Lipinski definition) is 1. The molecule has 5 heteroatoms. The minimum atomic E-state index is -0.159. The van der Waals surface area contributed by atoms with Crippen molar-refractivity contribution in [2.45, 2.75) is 38.6 Å². The summed E-state index contributed by atoms with van der Waals surface area (Å²) in [6.45, 7) is 3.60. The molecule has 5 nitrogen and oxygen atoms in total. The Labute approximate surface area is 176 Å². The van der Waals surface area contributed by atoms with Crippen LogP contribution in [0.25, 0.3) is 10.9 Å². The normalized spacial score (nSPS) is 19.2. The van der Waals surface area contributed by atoms with Crippen molar-refractivity contribution >= 4 is 22.7 Å². The first-order chi connectivity index (χ1) is 14.6. The summed E-state index contributed by atoms with van der Waals surface area (Å²) >= 11 is 0. The van der Waals surface area contributed by atoms with Gasteiger partial charge in [-0.25, -0.2) is 0 Å². The molecule has 0 radical (unpaired) electrons. The molecule has 2 aliphatic rings. The van der Waals surface area contributed by atoms with E-state index in [1.54, 1.807) is 4.90 Å². The van der Waals surface area contributed by atoms with Crippen LogP contribution in [-0.4, -0.2) is 46.2 Å². The Morgan fingerprint density at radius 1 is 1.07 bits per heavy atom. The van der Waals surface area contributed by atoms with E-state index in [1.807, 2.05) is 11.0 Å². The SMILES string of the molecule is Cc1cccc(C2c3[nH]c4ccccc4c3CCN2C(=O)CN2CCCCC2=O)c1. The average molecular weight is 402 g/mol. The number of fused-ring (bicyclic) bond motifs is 3. The lowest BCUT2D eigenvalue weighted by atomic mass is 9.91. The number of aromatic amines is 1. The van der Waals surface area contributed by atoms with Crippen LogP contribution in [-0.2, 0) is 16.0 Å². The Morgan fingerprint density at radius 3 is 2.77 bits per heavy atom. The van der Waals surface area contributed by atoms with Crippen molar-refractivity contribution in [2.75, 3.05) is 19.6 Å². The summed E-state index contributed by atoms with van der Waals surface area (Å²) in [6.07, 6.45) is 3.28. The van der Waals surface area contributed by atoms with Crippen LogP contribution >= 0.6 is 0 Å². The van der Waals surface area contributed by atoms with E-state index >= 15 is 0 Å². The maximum absolute atomic E-state index is 13.4. The van der Waals surface area contributed by atoms with Crippen LogP contribution in [0.5, 0.6) is 0 Å². The van der Waals surface area contributed by atoms with E-state index in [9.17, 15) is 9.59 Å². The van der Waals surface area contributed by atoms with Gasteiger partial charge in [0.15, 0.2) is 0 Å². The summed E-state index contributed by atoms with van der Waals surface area (Å²) in [5.41, 5.74) is 5.80. The van der Waals surface area contributed by atoms with E-state index in [2.05, 4.69) is 54.4 Å². The van der Waals surface area contributed by atoms with Crippen LogP contribution in [0.4, 0.5) is 0 Å². The highest BCUT2D eigenvalue weighted by atomic mass is 16.2. The van der Waals surface area contributed by atoms with Gasteiger partial charge in [-0.2, -0.15) is 0 Å². The first-order valence-corrected chi connectivity index (χ1v) is 10.8. The molecule has 30 heavy (non-hydrogen) atoms. The Bertz CT molecular complexity index is 1120. The number of H-pyrrole nitrogens is 1. The van der Waals surface area contributed by atoms with Gasteiger partial charge in [0.05, 0.1) is 12.6 Å². The van der Waals surface area contributed by atoms with Crippen LogP contribution in [0.3, 0.4) is 0 Å². The molecule has 2 aromatic carbocycles. The predicted molar refractivity (Wildman–Crippen MR) is 117 cm³/mol. The monoisotopic (exact) mass is 401 g/mol. The lowest BCUT2D eigenvalue weighted by Gasteiger charge is -2.38. The zero-order valence-corrected chi connectivity index (χ0v) is 17.4. The first-order valence-electron chi connectivity index (χ1n) is 10.8. The fourth-order valence-electron chi connectivity index (χ4n) is 4.98. The Balaban J connectivity index is 1.55. The highest BCUT2D eigenvalue weighted by Gasteiger charge is 2.35. The standard InChI is InChI=1S/C25H27N3O2/c1-17-7-6-8-18(15-17)25-24-20(19-9-2-3-10-21(19)26-24)12-14-28(25)23(30)16-27-13-5-4-11-22(27)29/h2-3,6-10,15,25-26H,4-5,11-14,16H2,1H3. The van der Waals surface area contributed by atoms with E-state index < -0.39 is 0 Å². The second kappa shape index (κ2) is 7.63. The van der Waals surface area contributed by atoms with Gasteiger partial charge in [0.1, 0.15) is 0 Å². The number of piperidine rings is 1. The Kier molecular flexibility index (Phi) is 4.81. The van der Waals surface area contributed by atoms with Gasteiger partial charge in [-0.1, -0.05) is 48.0 Å². The summed E-state index contributed by atoms with van der Waals surface area (Å²) < 4.78 is 0. The van der Waals surface area contributed by atoms with E-state index in [0.29, 0.717) is 19.5 Å². The van der Waals surface area contributed by atoms with Gasteiger partial charge in [-0.3, -0.25) is 9.59 Å². The molecular formula is C25H27N3O2. The quantitative estimate of drug-likeness (QED) is 0.722. The number of aryl methyl sites for hydroxylation is 1. The number of benzene rings is 2. The summed E-state index contributed by atoms with van der Waals surface area (Å²) in [6, 6.07) is 16.6. The van der Waals surface area contributed by atoms with Gasteiger partial charge in [-0.05, 0) is 43.4 Å². The van der Waals surface area contributed by atoms with Gasteiger partial charge in [0.25, 0.3) is 0 Å². The number of carbonyl (C=O) groups excluding carboxylic acids is 2. The highest BCUT2D eigenvalue weighted by molar-refractivity contribution is 5.88. The summed E-state index contributed by atoms with van der Waals surface area (Å²) in [7, 11) is 0. The fraction of sp³-hybridized carbons (Fsp3) is 0.360. The number of amides is 2. The van der Waals surface area contributed by atoms with Gasteiger partial charge in [0.2, 0.25) is 11.8 Å². The van der Waals surface area contributed by atoms with Crippen molar-refractivity contribution in [2.24, 2.45) is 0 Å². The maximum Gasteiger partial charge on any atom is 0.243 e. The summed E-state index contributed by atoms with van der Waals surface area (Å²) in [5, 5.41) is 1.24. The van der Waals surface area contributed by atoms with E-state index in [-0.39, 0.29) is 24.4 Å². The van der Waals surface area contributed by atoms with Gasteiger partial charge in [0, 0.05) is 36.1 Å². The molecule has 1 saturated heterocycles. The molecule has 0 bridgehead atoms. The number of carbonyl (C=O) groups is 2. The molecule has 2 aliphatic heterocycles. The average Bonchev–Trinajstić information content (AvgIpc) is 3.13. The molecule has 2 amide bonds. The van der Waals surface area contributed by atoms with E-state index in [4.69, 9.17) is 0 Å². The van der Waals surface area contributed by atoms with Gasteiger partial charge >= 0.3 is 0 Å². The zero-order valence-electron chi connectivity index (χ0n) is 17.4. The minimum Gasteiger partial charge on any atom is -0.356 e. The van der Waals surface area contributed by atoms with Crippen molar-refractivity contribution in [1.82, 2.24) is 14.8 Å². The minimum absolute atomic E-state index is 0.0288. The lowest BCUT2D eigenvalue weighted by Crippen LogP contribution is -2.48.